The molecule has 112 valence electrons. The second kappa shape index (κ2) is 12.2. The van der Waals surface area contributed by atoms with E-state index in [1.165, 1.54) is 0 Å². The summed E-state index contributed by atoms with van der Waals surface area (Å²) in [7, 11) is 0. The number of aliphatic hydroxyl groups is 2. The Hall–Kier alpha value is 0.170. The smallest absolute Gasteiger partial charge is 0.0558 e. The van der Waals surface area contributed by atoms with Gasteiger partial charge in [0.25, 0.3) is 0 Å². The van der Waals surface area contributed by atoms with Crippen LogP contribution in [0.25, 0.3) is 0 Å². The summed E-state index contributed by atoms with van der Waals surface area (Å²) in [5.41, 5.74) is 0.184. The van der Waals surface area contributed by atoms with Gasteiger partial charge in [0.05, 0.1) is 13.2 Å². The van der Waals surface area contributed by atoms with Gasteiger partial charge in [0.2, 0.25) is 0 Å². The molecule has 0 rings (SSSR count). The third-order valence-electron chi connectivity index (χ3n) is 3.56. The van der Waals surface area contributed by atoms with Crippen molar-refractivity contribution in [2.75, 3.05) is 26.3 Å². The van der Waals surface area contributed by atoms with Gasteiger partial charge >= 0.3 is 0 Å². The number of aliphatic hydroxyl groups excluding tert-OH is 2. The monoisotopic (exact) mass is 281 g/mol. The maximum atomic E-state index is 9.21. The Morgan fingerprint density at radius 1 is 0.778 bits per heavy atom. The van der Waals surface area contributed by atoms with Gasteiger partial charge in [-0.25, -0.2) is 0 Å². The van der Waals surface area contributed by atoms with Crippen molar-refractivity contribution in [2.24, 2.45) is 0 Å². The maximum absolute atomic E-state index is 9.21. The van der Waals surface area contributed by atoms with E-state index in [1.54, 1.807) is 0 Å². The van der Waals surface area contributed by atoms with E-state index in [1.807, 2.05) is 0 Å². The van der Waals surface area contributed by atoms with Gasteiger partial charge < -0.3 is 10.2 Å². The van der Waals surface area contributed by atoms with Crippen LogP contribution in [0.1, 0.15) is 59.3 Å². The van der Waals surface area contributed by atoms with Crippen molar-refractivity contribution < 1.29 is 10.2 Å². The van der Waals surface area contributed by atoms with Gasteiger partial charge in [0.15, 0.2) is 0 Å². The number of rotatable bonds is 11. The van der Waals surface area contributed by atoms with Crippen LogP contribution in [0.2, 0.25) is 0 Å². The minimum atomic E-state index is 0. The topological polar surface area (TPSA) is 43.7 Å². The molecule has 0 atom stereocenters. The van der Waals surface area contributed by atoms with Crippen LogP contribution in [0, 0.1) is 0 Å². The van der Waals surface area contributed by atoms with Crippen LogP contribution >= 0.6 is 12.4 Å². The normalized spacial score (nSPS) is 11.7. The van der Waals surface area contributed by atoms with Crippen LogP contribution in [-0.2, 0) is 0 Å². The third-order valence-corrected chi connectivity index (χ3v) is 3.56. The second-order valence-electron chi connectivity index (χ2n) is 4.91. The highest BCUT2D eigenvalue weighted by atomic mass is 35.5. The molecular formula is C14H32ClNO2. The molecule has 0 unspecified atom stereocenters. The fourth-order valence-corrected chi connectivity index (χ4v) is 3.07. The summed E-state index contributed by atoms with van der Waals surface area (Å²) in [6, 6.07) is 0. The quantitative estimate of drug-likeness (QED) is 0.612. The lowest BCUT2D eigenvalue weighted by Gasteiger charge is -2.44. The zero-order chi connectivity index (χ0) is 13.1. The molecule has 4 heteroatoms. The Balaban J connectivity index is 0. The highest BCUT2D eigenvalue weighted by Crippen LogP contribution is 2.32. The Kier molecular flexibility index (Phi) is 13.9. The van der Waals surface area contributed by atoms with Gasteiger partial charge in [-0.05, 0) is 19.3 Å². The molecule has 18 heavy (non-hydrogen) atoms. The first-order chi connectivity index (χ1) is 8.20. The predicted molar refractivity (Wildman–Crippen MR) is 80.4 cm³/mol. The van der Waals surface area contributed by atoms with Crippen LogP contribution in [0.15, 0.2) is 0 Å². The molecule has 0 aliphatic rings. The SMILES string of the molecule is CCCC(CCC)(CCC)N(CCO)CCO.Cl. The molecule has 0 bridgehead atoms. The zero-order valence-electron chi connectivity index (χ0n) is 12.3. The van der Waals surface area contributed by atoms with Crippen molar-refractivity contribution in [3.05, 3.63) is 0 Å². The van der Waals surface area contributed by atoms with Gasteiger partial charge in [-0.3, -0.25) is 4.90 Å². The first-order valence-electron chi connectivity index (χ1n) is 7.17. The number of nitrogens with zero attached hydrogens (tertiary/aromatic N) is 1. The molecule has 0 saturated carbocycles. The van der Waals surface area contributed by atoms with Gasteiger partial charge in [-0.15, -0.1) is 12.4 Å². The van der Waals surface area contributed by atoms with E-state index in [2.05, 4.69) is 25.7 Å². The summed E-state index contributed by atoms with van der Waals surface area (Å²) >= 11 is 0. The molecule has 0 aliphatic carbocycles. The largest absolute Gasteiger partial charge is 0.395 e. The average Bonchev–Trinajstić information content (AvgIpc) is 2.29. The van der Waals surface area contributed by atoms with E-state index in [-0.39, 0.29) is 31.2 Å². The van der Waals surface area contributed by atoms with E-state index in [0.29, 0.717) is 13.1 Å². The lowest BCUT2D eigenvalue weighted by molar-refractivity contribution is 0.0284. The van der Waals surface area contributed by atoms with Crippen molar-refractivity contribution in [1.29, 1.82) is 0 Å². The van der Waals surface area contributed by atoms with Gasteiger partial charge in [0, 0.05) is 18.6 Å². The first kappa shape index (κ1) is 20.5. The number of halogens is 1. The van der Waals surface area contributed by atoms with Crippen LogP contribution in [0.4, 0.5) is 0 Å². The van der Waals surface area contributed by atoms with Crippen molar-refractivity contribution in [3.63, 3.8) is 0 Å². The fraction of sp³-hybridized carbons (Fsp3) is 1.00. The number of hydrogen-bond donors (Lipinski definition) is 2. The van der Waals surface area contributed by atoms with E-state index >= 15 is 0 Å². The summed E-state index contributed by atoms with van der Waals surface area (Å²) in [6.45, 7) is 8.38. The highest BCUT2D eigenvalue weighted by molar-refractivity contribution is 5.85. The molecule has 0 aromatic heterocycles. The van der Waals surface area contributed by atoms with Gasteiger partial charge in [-0.1, -0.05) is 40.0 Å². The summed E-state index contributed by atoms with van der Waals surface area (Å²) in [5, 5.41) is 18.4. The number of hydrogen-bond acceptors (Lipinski definition) is 3. The molecule has 0 aromatic rings. The molecule has 0 amide bonds. The molecule has 2 N–H and O–H groups in total. The van der Waals surface area contributed by atoms with E-state index in [0.717, 1.165) is 38.5 Å². The molecule has 0 fully saturated rings. The fourth-order valence-electron chi connectivity index (χ4n) is 3.07. The highest BCUT2D eigenvalue weighted by Gasteiger charge is 2.33. The molecule has 0 heterocycles. The van der Waals surface area contributed by atoms with Crippen molar-refractivity contribution in [2.45, 2.75) is 64.8 Å². The van der Waals surface area contributed by atoms with Crippen molar-refractivity contribution in [3.8, 4) is 0 Å². The summed E-state index contributed by atoms with van der Waals surface area (Å²) in [4.78, 5) is 2.31. The minimum Gasteiger partial charge on any atom is -0.395 e. The minimum absolute atomic E-state index is 0. The van der Waals surface area contributed by atoms with Crippen LogP contribution < -0.4 is 0 Å². The molecule has 0 aliphatic heterocycles. The van der Waals surface area contributed by atoms with E-state index < -0.39 is 0 Å². The van der Waals surface area contributed by atoms with Crippen molar-refractivity contribution >= 4 is 12.4 Å². The molecule has 0 spiro atoms. The van der Waals surface area contributed by atoms with E-state index in [9.17, 15) is 10.2 Å². The number of β-amino-alcohol motifs (C(OH)–C–C–N with tert-alkyl or cyclic N) is 2. The standard InChI is InChI=1S/C14H31NO2.ClH/c1-4-7-14(8-5-2,9-6-3)15(10-12-16)11-13-17;/h16-17H,4-13H2,1-3H3;1H. The van der Waals surface area contributed by atoms with Gasteiger partial charge in [0.1, 0.15) is 0 Å². The summed E-state index contributed by atoms with van der Waals surface area (Å²) < 4.78 is 0. The zero-order valence-corrected chi connectivity index (χ0v) is 13.1. The predicted octanol–water partition coefficient (Wildman–Crippen LogP) is 2.83. The lowest BCUT2D eigenvalue weighted by atomic mass is 9.82. The summed E-state index contributed by atoms with van der Waals surface area (Å²) in [6.07, 6.45) is 6.96. The van der Waals surface area contributed by atoms with Crippen LogP contribution in [-0.4, -0.2) is 47.0 Å². The lowest BCUT2D eigenvalue weighted by Crippen LogP contribution is -2.51. The molecule has 0 radical (unpaired) electrons. The van der Waals surface area contributed by atoms with Gasteiger partial charge in [-0.2, -0.15) is 0 Å². The maximum Gasteiger partial charge on any atom is 0.0558 e. The molecule has 0 saturated heterocycles. The average molecular weight is 282 g/mol. The summed E-state index contributed by atoms with van der Waals surface area (Å²) in [5.74, 6) is 0. The van der Waals surface area contributed by atoms with Crippen molar-refractivity contribution in [1.82, 2.24) is 4.90 Å². The molecule has 0 aromatic carbocycles. The Morgan fingerprint density at radius 3 is 1.33 bits per heavy atom. The Bertz CT molecular complexity index is 156. The third kappa shape index (κ3) is 6.37. The van der Waals surface area contributed by atoms with Crippen LogP contribution in [0.3, 0.4) is 0 Å². The first-order valence-corrected chi connectivity index (χ1v) is 7.17. The van der Waals surface area contributed by atoms with Crippen LogP contribution in [0.5, 0.6) is 0 Å². The van der Waals surface area contributed by atoms with E-state index in [4.69, 9.17) is 0 Å². The molecule has 3 nitrogen and oxygen atoms in total. The second-order valence-corrected chi connectivity index (χ2v) is 4.91. The Labute approximate surface area is 119 Å². The Morgan fingerprint density at radius 2 is 1.11 bits per heavy atom. The molecular weight excluding hydrogens is 250 g/mol.